The summed E-state index contributed by atoms with van der Waals surface area (Å²) in [5, 5.41) is 18.8. The van der Waals surface area contributed by atoms with E-state index in [0.717, 1.165) is 22.0 Å². The number of benzene rings is 2. The highest BCUT2D eigenvalue weighted by Crippen LogP contribution is 2.19. The first kappa shape index (κ1) is 32.0. The minimum atomic E-state index is -1.19. The summed E-state index contributed by atoms with van der Waals surface area (Å²) >= 11 is 0. The van der Waals surface area contributed by atoms with Crippen molar-refractivity contribution < 1.29 is 24.3 Å². The quantitative estimate of drug-likeness (QED) is 0.108. The Kier molecular flexibility index (Phi) is 10.9. The van der Waals surface area contributed by atoms with E-state index >= 15 is 0 Å². The molecule has 2 heterocycles. The summed E-state index contributed by atoms with van der Waals surface area (Å²) in [5.41, 5.74) is 9.42. The second kappa shape index (κ2) is 15.0. The van der Waals surface area contributed by atoms with Crippen LogP contribution in [0.1, 0.15) is 37.1 Å². The van der Waals surface area contributed by atoms with Crippen molar-refractivity contribution in [3.63, 3.8) is 0 Å². The van der Waals surface area contributed by atoms with Gasteiger partial charge in [-0.15, -0.1) is 0 Å². The van der Waals surface area contributed by atoms with E-state index < -0.39 is 47.9 Å². The summed E-state index contributed by atoms with van der Waals surface area (Å²) in [6, 6.07) is 12.4. The number of aromatic nitrogens is 3. The number of imidazole rings is 1. The minimum Gasteiger partial charge on any atom is -0.480 e. The molecule has 4 atom stereocenters. The molecule has 8 N–H and O–H groups in total. The van der Waals surface area contributed by atoms with Gasteiger partial charge in [-0.05, 0) is 36.0 Å². The van der Waals surface area contributed by atoms with Gasteiger partial charge >= 0.3 is 5.97 Å². The van der Waals surface area contributed by atoms with Gasteiger partial charge in [0.15, 0.2) is 0 Å². The lowest BCUT2D eigenvalue weighted by Gasteiger charge is -2.26. The maximum Gasteiger partial charge on any atom is 0.326 e. The molecule has 0 aliphatic heterocycles. The number of amides is 3. The van der Waals surface area contributed by atoms with E-state index in [-0.39, 0.29) is 31.6 Å². The number of nitrogens with one attached hydrogen (secondary N) is 5. The van der Waals surface area contributed by atoms with E-state index in [1.165, 1.54) is 12.5 Å². The molecule has 0 spiro atoms. The first-order chi connectivity index (χ1) is 21.1. The van der Waals surface area contributed by atoms with Gasteiger partial charge in [0.1, 0.15) is 18.1 Å². The van der Waals surface area contributed by atoms with Crippen molar-refractivity contribution in [1.82, 2.24) is 30.9 Å². The van der Waals surface area contributed by atoms with Crippen LogP contribution in [0.15, 0.2) is 73.3 Å². The zero-order valence-electron chi connectivity index (χ0n) is 24.7. The summed E-state index contributed by atoms with van der Waals surface area (Å²) in [4.78, 5) is 62.3. The SMILES string of the molecule is CC(C)CC(NC(=O)C(Cc1cnc[nH]1)NC(=O)C(N)Cc1c[nH]c2ccccc12)C(=O)NC(Cc1ccccc1)C(=O)O. The number of H-pyrrole nitrogens is 2. The van der Waals surface area contributed by atoms with Crippen molar-refractivity contribution in [2.75, 3.05) is 0 Å². The first-order valence-electron chi connectivity index (χ1n) is 14.6. The Morgan fingerprint density at radius 2 is 1.48 bits per heavy atom. The number of para-hydroxylation sites is 1. The second-order valence-corrected chi connectivity index (χ2v) is 11.3. The number of nitrogens with two attached hydrogens (primary N) is 1. The monoisotopic (exact) mass is 601 g/mol. The van der Waals surface area contributed by atoms with Gasteiger partial charge in [-0.25, -0.2) is 9.78 Å². The lowest BCUT2D eigenvalue weighted by Crippen LogP contribution is -2.58. The third-order valence-corrected chi connectivity index (χ3v) is 7.30. The average Bonchev–Trinajstić information content (AvgIpc) is 3.66. The molecule has 0 fully saturated rings. The topological polar surface area (TPSA) is 195 Å². The molecule has 0 bridgehead atoms. The summed E-state index contributed by atoms with van der Waals surface area (Å²) in [6.45, 7) is 3.78. The van der Waals surface area contributed by atoms with Crippen LogP contribution in [0.3, 0.4) is 0 Å². The number of aliphatic carboxylic acids is 1. The molecule has 4 rings (SSSR count). The number of carboxylic acid groups (broad SMARTS) is 1. The maximum atomic E-state index is 13.6. The van der Waals surface area contributed by atoms with E-state index in [1.807, 2.05) is 50.4 Å². The van der Waals surface area contributed by atoms with Crippen molar-refractivity contribution in [2.45, 2.75) is 63.7 Å². The predicted octanol–water partition coefficient (Wildman–Crippen LogP) is 1.83. The van der Waals surface area contributed by atoms with E-state index in [9.17, 15) is 24.3 Å². The molecular weight excluding hydrogens is 562 g/mol. The van der Waals surface area contributed by atoms with Gasteiger partial charge < -0.3 is 36.8 Å². The largest absolute Gasteiger partial charge is 0.480 e. The molecule has 2 aromatic carbocycles. The van der Waals surface area contributed by atoms with Gasteiger partial charge in [0.05, 0.1) is 12.4 Å². The Hall–Kier alpha value is -4.97. The maximum absolute atomic E-state index is 13.6. The smallest absolute Gasteiger partial charge is 0.326 e. The van der Waals surface area contributed by atoms with Crippen LogP contribution in [0.2, 0.25) is 0 Å². The molecule has 0 aliphatic carbocycles. The number of hydrogen-bond acceptors (Lipinski definition) is 6. The Balaban J connectivity index is 1.47. The summed E-state index contributed by atoms with van der Waals surface area (Å²) in [5.74, 6) is -2.96. The Bertz CT molecular complexity index is 1550. The first-order valence-corrected chi connectivity index (χ1v) is 14.6. The average molecular weight is 602 g/mol. The van der Waals surface area contributed by atoms with Gasteiger partial charge in [-0.1, -0.05) is 62.4 Å². The molecular formula is C32H39N7O5. The fourth-order valence-electron chi connectivity index (χ4n) is 5.03. The van der Waals surface area contributed by atoms with Gasteiger partial charge in [-0.3, -0.25) is 14.4 Å². The van der Waals surface area contributed by atoms with Crippen LogP contribution in [-0.2, 0) is 38.4 Å². The normalized spacial score (nSPS) is 14.0. The van der Waals surface area contributed by atoms with Crippen LogP contribution in [-0.4, -0.2) is 67.9 Å². The van der Waals surface area contributed by atoms with Crippen molar-refractivity contribution in [3.8, 4) is 0 Å². The van der Waals surface area contributed by atoms with Crippen LogP contribution in [0.5, 0.6) is 0 Å². The van der Waals surface area contributed by atoms with E-state index in [2.05, 4.69) is 30.9 Å². The van der Waals surface area contributed by atoms with E-state index in [4.69, 9.17) is 5.73 Å². The highest BCUT2D eigenvalue weighted by Gasteiger charge is 2.31. The van der Waals surface area contributed by atoms with Crippen LogP contribution in [0.4, 0.5) is 0 Å². The molecule has 0 aliphatic rings. The molecule has 0 radical (unpaired) electrons. The fraction of sp³-hybridized carbons (Fsp3) is 0.344. The highest BCUT2D eigenvalue weighted by molar-refractivity contribution is 5.94. The Morgan fingerprint density at radius 3 is 2.16 bits per heavy atom. The molecule has 12 nitrogen and oxygen atoms in total. The van der Waals surface area contributed by atoms with Crippen molar-refractivity contribution in [3.05, 3.63) is 90.1 Å². The third kappa shape index (κ3) is 8.77. The van der Waals surface area contributed by atoms with Crippen LogP contribution in [0, 0.1) is 5.92 Å². The number of nitrogens with zero attached hydrogens (tertiary/aromatic N) is 1. The summed E-state index contributed by atoms with van der Waals surface area (Å²) in [6.07, 6.45) is 5.45. The molecule has 44 heavy (non-hydrogen) atoms. The number of rotatable bonds is 15. The molecule has 0 saturated heterocycles. The zero-order valence-corrected chi connectivity index (χ0v) is 24.7. The molecule has 4 aromatic rings. The summed E-state index contributed by atoms with van der Waals surface area (Å²) in [7, 11) is 0. The molecule has 4 unspecified atom stereocenters. The number of aromatic amines is 2. The Morgan fingerprint density at radius 1 is 0.818 bits per heavy atom. The lowest BCUT2D eigenvalue weighted by atomic mass is 10.0. The van der Waals surface area contributed by atoms with Crippen molar-refractivity contribution >= 4 is 34.6 Å². The van der Waals surface area contributed by atoms with E-state index in [0.29, 0.717) is 5.69 Å². The summed E-state index contributed by atoms with van der Waals surface area (Å²) < 4.78 is 0. The van der Waals surface area contributed by atoms with Crippen molar-refractivity contribution in [1.29, 1.82) is 0 Å². The number of carbonyl (C=O) groups is 4. The fourth-order valence-corrected chi connectivity index (χ4v) is 5.03. The van der Waals surface area contributed by atoms with Gasteiger partial charge in [0, 0.05) is 41.8 Å². The lowest BCUT2D eigenvalue weighted by molar-refractivity contribution is -0.142. The van der Waals surface area contributed by atoms with Crippen LogP contribution >= 0.6 is 0 Å². The number of hydrogen-bond donors (Lipinski definition) is 7. The van der Waals surface area contributed by atoms with Gasteiger partial charge in [0.2, 0.25) is 17.7 Å². The van der Waals surface area contributed by atoms with Gasteiger partial charge in [0.25, 0.3) is 0 Å². The number of carbonyl (C=O) groups excluding carboxylic acids is 3. The number of carboxylic acids is 1. The third-order valence-electron chi connectivity index (χ3n) is 7.30. The standard InChI is InChI=1S/C32H39N7O5/c1-19(2)12-26(30(41)39-28(32(43)44)13-20-8-4-3-5-9-20)38-31(42)27(15-22-17-34-18-36-22)37-29(40)24(33)14-21-16-35-25-11-7-6-10-23(21)25/h3-11,16-19,24,26-28,35H,12-15,33H2,1-2H3,(H,34,36)(H,37,40)(H,38,42)(H,39,41)(H,43,44). The van der Waals surface area contributed by atoms with Gasteiger partial charge in [-0.2, -0.15) is 0 Å². The predicted molar refractivity (Wildman–Crippen MR) is 165 cm³/mol. The minimum absolute atomic E-state index is 0.00584. The number of fused-ring (bicyclic) bond motifs is 1. The molecule has 2 aromatic heterocycles. The van der Waals surface area contributed by atoms with Crippen molar-refractivity contribution in [2.24, 2.45) is 11.7 Å². The van der Waals surface area contributed by atoms with Crippen LogP contribution in [0.25, 0.3) is 10.9 Å². The second-order valence-electron chi connectivity index (χ2n) is 11.3. The highest BCUT2D eigenvalue weighted by atomic mass is 16.4. The Labute approximate surface area is 255 Å². The molecule has 0 saturated carbocycles. The zero-order chi connectivity index (χ0) is 31.6. The van der Waals surface area contributed by atoms with Crippen LogP contribution < -0.4 is 21.7 Å². The molecule has 3 amide bonds. The molecule has 232 valence electrons. The molecule has 12 heteroatoms. The van der Waals surface area contributed by atoms with E-state index in [1.54, 1.807) is 24.3 Å².